The van der Waals surface area contributed by atoms with E-state index < -0.39 is 0 Å². The largest absolute Gasteiger partial charge is 0.493 e. The number of nitrogens with zero attached hydrogens (tertiary/aromatic N) is 3. The van der Waals surface area contributed by atoms with E-state index in [1.807, 2.05) is 42.5 Å². The molecule has 0 aliphatic carbocycles. The number of hydrogen-bond acceptors (Lipinski definition) is 6. The molecule has 34 heavy (non-hydrogen) atoms. The van der Waals surface area contributed by atoms with E-state index in [9.17, 15) is 4.39 Å². The summed E-state index contributed by atoms with van der Waals surface area (Å²) in [5, 5.41) is 0. The Labute approximate surface area is 197 Å². The van der Waals surface area contributed by atoms with E-state index in [2.05, 4.69) is 9.88 Å². The highest BCUT2D eigenvalue weighted by molar-refractivity contribution is 5.92. The van der Waals surface area contributed by atoms with E-state index in [0.29, 0.717) is 23.8 Å². The fraction of sp³-hybridized carbons (Fsp3) is 0.259. The molecule has 1 saturated heterocycles. The quantitative estimate of drug-likeness (QED) is 0.395. The molecule has 0 N–H and O–H groups in total. The molecular formula is C27H26FN3O3. The van der Waals surface area contributed by atoms with Crippen molar-refractivity contribution in [2.75, 3.05) is 46.6 Å². The first-order valence-corrected chi connectivity index (χ1v) is 11.3. The summed E-state index contributed by atoms with van der Waals surface area (Å²) in [5.41, 5.74) is 4.63. The summed E-state index contributed by atoms with van der Waals surface area (Å²) in [5.74, 6) is 1.04. The van der Waals surface area contributed by atoms with Gasteiger partial charge in [-0.2, -0.15) is 0 Å². The second-order valence-electron chi connectivity index (χ2n) is 8.11. The average Bonchev–Trinajstić information content (AvgIpc) is 2.89. The van der Waals surface area contributed by atoms with E-state index in [0.717, 1.165) is 60.6 Å². The van der Waals surface area contributed by atoms with Crippen LogP contribution in [0.3, 0.4) is 0 Å². The van der Waals surface area contributed by atoms with Gasteiger partial charge < -0.3 is 14.2 Å². The van der Waals surface area contributed by atoms with E-state index >= 15 is 0 Å². The molecule has 7 heteroatoms. The highest BCUT2D eigenvalue weighted by atomic mass is 19.1. The molecule has 3 aromatic carbocycles. The van der Waals surface area contributed by atoms with Crippen molar-refractivity contribution in [3.05, 3.63) is 72.7 Å². The smallest absolute Gasteiger partial charge is 0.161 e. The van der Waals surface area contributed by atoms with Crippen molar-refractivity contribution < 1.29 is 18.6 Å². The second kappa shape index (κ2) is 10.2. The Morgan fingerprint density at radius 1 is 0.971 bits per heavy atom. The molecule has 1 aliphatic heterocycles. The second-order valence-corrected chi connectivity index (χ2v) is 8.11. The Balaban J connectivity index is 1.41. The fourth-order valence-electron chi connectivity index (χ4n) is 4.12. The molecule has 0 amide bonds. The third-order valence-electron chi connectivity index (χ3n) is 5.94. The van der Waals surface area contributed by atoms with Crippen molar-refractivity contribution in [3.63, 3.8) is 0 Å². The lowest BCUT2D eigenvalue weighted by Crippen LogP contribution is -2.38. The van der Waals surface area contributed by atoms with Crippen molar-refractivity contribution in [1.82, 2.24) is 14.9 Å². The number of hydrogen-bond donors (Lipinski definition) is 0. The van der Waals surface area contributed by atoms with Gasteiger partial charge in [0.2, 0.25) is 0 Å². The number of morpholine rings is 1. The molecule has 4 aromatic rings. The maximum atomic E-state index is 13.8. The number of fused-ring (bicyclic) bond motifs is 1. The summed E-state index contributed by atoms with van der Waals surface area (Å²) in [4.78, 5) is 11.8. The van der Waals surface area contributed by atoms with Crippen LogP contribution in [0.4, 0.5) is 4.39 Å². The van der Waals surface area contributed by atoms with Crippen LogP contribution >= 0.6 is 0 Å². The number of methoxy groups -OCH3 is 1. The maximum absolute atomic E-state index is 13.8. The van der Waals surface area contributed by atoms with Gasteiger partial charge in [0.25, 0.3) is 0 Å². The molecule has 0 spiro atoms. The summed E-state index contributed by atoms with van der Waals surface area (Å²) < 4.78 is 30.8. The van der Waals surface area contributed by atoms with Crippen LogP contribution in [-0.2, 0) is 4.74 Å². The first-order valence-electron chi connectivity index (χ1n) is 11.3. The van der Waals surface area contributed by atoms with Gasteiger partial charge in [-0.15, -0.1) is 0 Å². The number of ether oxygens (including phenoxy) is 3. The lowest BCUT2D eigenvalue weighted by atomic mass is 10.0. The van der Waals surface area contributed by atoms with Gasteiger partial charge >= 0.3 is 0 Å². The summed E-state index contributed by atoms with van der Waals surface area (Å²) in [6, 6.07) is 18.0. The average molecular weight is 460 g/mol. The molecule has 0 unspecified atom stereocenters. The summed E-state index contributed by atoms with van der Waals surface area (Å²) in [7, 11) is 1.63. The molecular weight excluding hydrogens is 433 g/mol. The van der Waals surface area contributed by atoms with Gasteiger partial charge in [-0.25, -0.2) is 9.37 Å². The van der Waals surface area contributed by atoms with Gasteiger partial charge in [0.05, 0.1) is 43.2 Å². The van der Waals surface area contributed by atoms with Crippen LogP contribution in [0.1, 0.15) is 0 Å². The number of halogens is 1. The molecule has 2 heterocycles. The molecule has 6 nitrogen and oxygen atoms in total. The van der Waals surface area contributed by atoms with Crippen molar-refractivity contribution in [2.24, 2.45) is 0 Å². The predicted octanol–water partition coefficient (Wildman–Crippen LogP) is 4.82. The lowest BCUT2D eigenvalue weighted by Gasteiger charge is -2.26. The van der Waals surface area contributed by atoms with Crippen molar-refractivity contribution in [1.29, 1.82) is 0 Å². The third-order valence-corrected chi connectivity index (χ3v) is 5.94. The summed E-state index contributed by atoms with van der Waals surface area (Å²) in [6.45, 7) is 4.81. The molecule has 0 radical (unpaired) electrons. The minimum atomic E-state index is -0.285. The van der Waals surface area contributed by atoms with Crippen molar-refractivity contribution in [3.8, 4) is 33.9 Å². The van der Waals surface area contributed by atoms with Gasteiger partial charge in [0.1, 0.15) is 12.4 Å². The van der Waals surface area contributed by atoms with Crippen LogP contribution in [0.5, 0.6) is 11.5 Å². The SMILES string of the molecule is COc1cc(-c2cnc3cccc(-c4cccc(F)c4)c3n2)ccc1OCCN1CCOCC1. The van der Waals surface area contributed by atoms with Crippen LogP contribution in [0.2, 0.25) is 0 Å². The molecule has 1 aliphatic rings. The fourth-order valence-corrected chi connectivity index (χ4v) is 4.12. The normalized spacial score (nSPS) is 14.3. The van der Waals surface area contributed by atoms with E-state index in [4.69, 9.17) is 19.2 Å². The van der Waals surface area contributed by atoms with E-state index in [1.165, 1.54) is 12.1 Å². The molecule has 0 atom stereocenters. The minimum absolute atomic E-state index is 0.285. The molecule has 174 valence electrons. The van der Waals surface area contributed by atoms with Gasteiger partial charge in [0.15, 0.2) is 11.5 Å². The Bertz CT molecular complexity index is 1290. The van der Waals surface area contributed by atoms with Crippen LogP contribution in [0.15, 0.2) is 66.9 Å². The summed E-state index contributed by atoms with van der Waals surface area (Å²) in [6.07, 6.45) is 1.74. The highest BCUT2D eigenvalue weighted by Crippen LogP contribution is 2.33. The number of benzene rings is 3. The van der Waals surface area contributed by atoms with Crippen LogP contribution in [0, 0.1) is 5.82 Å². The molecule has 1 aromatic heterocycles. The van der Waals surface area contributed by atoms with E-state index in [1.54, 1.807) is 19.4 Å². The molecule has 0 saturated carbocycles. The van der Waals surface area contributed by atoms with Crippen molar-refractivity contribution in [2.45, 2.75) is 0 Å². The zero-order chi connectivity index (χ0) is 23.3. The Kier molecular flexibility index (Phi) is 6.65. The topological polar surface area (TPSA) is 56.7 Å². The minimum Gasteiger partial charge on any atom is -0.493 e. The number of rotatable bonds is 7. The standard InChI is InChI=1S/C27H26FN3O3/c1-32-26-17-20(8-9-25(26)34-15-12-31-10-13-33-14-11-31)24-18-29-23-7-3-6-22(27(23)30-24)19-4-2-5-21(28)16-19/h2-9,16-18H,10-15H2,1H3. The molecule has 0 bridgehead atoms. The third kappa shape index (κ3) is 4.85. The van der Waals surface area contributed by atoms with Gasteiger partial charge in [-0.3, -0.25) is 9.88 Å². The van der Waals surface area contributed by atoms with Crippen molar-refractivity contribution >= 4 is 11.0 Å². The van der Waals surface area contributed by atoms with Gasteiger partial charge in [-0.1, -0.05) is 24.3 Å². The summed E-state index contributed by atoms with van der Waals surface area (Å²) >= 11 is 0. The lowest BCUT2D eigenvalue weighted by molar-refractivity contribution is 0.0321. The zero-order valence-corrected chi connectivity index (χ0v) is 19.0. The van der Waals surface area contributed by atoms with Gasteiger partial charge in [-0.05, 0) is 42.0 Å². The maximum Gasteiger partial charge on any atom is 0.161 e. The zero-order valence-electron chi connectivity index (χ0n) is 19.0. The Morgan fingerprint density at radius 2 is 1.82 bits per heavy atom. The van der Waals surface area contributed by atoms with Crippen LogP contribution in [-0.4, -0.2) is 61.4 Å². The highest BCUT2D eigenvalue weighted by Gasteiger charge is 2.14. The molecule has 5 rings (SSSR count). The predicted molar refractivity (Wildman–Crippen MR) is 130 cm³/mol. The first kappa shape index (κ1) is 22.3. The van der Waals surface area contributed by atoms with Gasteiger partial charge in [0, 0.05) is 30.8 Å². The van der Waals surface area contributed by atoms with Crippen LogP contribution < -0.4 is 9.47 Å². The molecule has 1 fully saturated rings. The number of aromatic nitrogens is 2. The van der Waals surface area contributed by atoms with E-state index in [-0.39, 0.29) is 5.82 Å². The Hall–Kier alpha value is -3.55. The number of para-hydroxylation sites is 1. The Morgan fingerprint density at radius 3 is 2.65 bits per heavy atom. The monoisotopic (exact) mass is 459 g/mol. The van der Waals surface area contributed by atoms with Crippen LogP contribution in [0.25, 0.3) is 33.4 Å². The first-order chi connectivity index (χ1) is 16.7.